The molecule has 1 aromatic rings. The highest BCUT2D eigenvalue weighted by atomic mass is 16.2. The first-order valence-electron chi connectivity index (χ1n) is 8.40. The Balaban J connectivity index is 1.87. The lowest BCUT2D eigenvalue weighted by molar-refractivity contribution is -0.123. The van der Waals surface area contributed by atoms with Crippen LogP contribution in [0.5, 0.6) is 0 Å². The largest absolute Gasteiger partial charge is 0.351 e. The summed E-state index contributed by atoms with van der Waals surface area (Å²) in [4.78, 5) is 25.7. The van der Waals surface area contributed by atoms with Gasteiger partial charge >= 0.3 is 0 Å². The van der Waals surface area contributed by atoms with Crippen LogP contribution in [0.2, 0.25) is 0 Å². The average Bonchev–Trinajstić information content (AvgIpc) is 2.53. The van der Waals surface area contributed by atoms with Gasteiger partial charge in [-0.2, -0.15) is 0 Å². The van der Waals surface area contributed by atoms with Gasteiger partial charge in [-0.3, -0.25) is 9.59 Å². The van der Waals surface area contributed by atoms with Crippen LogP contribution in [0.4, 0.5) is 5.69 Å². The zero-order chi connectivity index (χ0) is 16.8. The summed E-state index contributed by atoms with van der Waals surface area (Å²) < 4.78 is 0. The van der Waals surface area contributed by atoms with Gasteiger partial charge in [-0.15, -0.1) is 0 Å². The van der Waals surface area contributed by atoms with Crippen molar-refractivity contribution >= 4 is 17.5 Å². The van der Waals surface area contributed by atoms with Crippen LogP contribution in [-0.4, -0.2) is 24.4 Å². The number of carbonyl (C=O) groups is 2. The summed E-state index contributed by atoms with van der Waals surface area (Å²) in [7, 11) is 0. The van der Waals surface area contributed by atoms with Gasteiger partial charge in [0.25, 0.3) is 0 Å². The number of hydrogen-bond donors (Lipinski definition) is 2. The molecule has 1 heterocycles. The lowest BCUT2D eigenvalue weighted by atomic mass is 10.0. The number of rotatable bonds is 6. The Hall–Kier alpha value is -1.88. The first-order valence-corrected chi connectivity index (χ1v) is 8.40. The van der Waals surface area contributed by atoms with Gasteiger partial charge in [0.05, 0.1) is 6.04 Å². The summed E-state index contributed by atoms with van der Waals surface area (Å²) in [5.41, 5.74) is 7.80. The number of anilines is 1. The lowest BCUT2D eigenvalue weighted by Gasteiger charge is -2.26. The van der Waals surface area contributed by atoms with Crippen molar-refractivity contribution in [2.75, 3.05) is 11.4 Å². The van der Waals surface area contributed by atoms with Crippen molar-refractivity contribution in [3.05, 3.63) is 29.8 Å². The molecule has 0 unspecified atom stereocenters. The van der Waals surface area contributed by atoms with Crippen molar-refractivity contribution in [1.29, 1.82) is 0 Å². The first kappa shape index (κ1) is 17.5. The summed E-state index contributed by atoms with van der Waals surface area (Å²) in [6, 6.07) is 7.33. The molecular weight excluding hydrogens is 290 g/mol. The van der Waals surface area contributed by atoms with E-state index in [4.69, 9.17) is 5.73 Å². The molecule has 126 valence electrons. The maximum atomic E-state index is 11.9. The maximum absolute atomic E-state index is 11.9. The Kier molecular flexibility index (Phi) is 6.16. The quantitative estimate of drug-likeness (QED) is 0.844. The summed E-state index contributed by atoms with van der Waals surface area (Å²) in [5, 5.41) is 2.87. The van der Waals surface area contributed by atoms with E-state index in [0.717, 1.165) is 30.6 Å². The summed E-state index contributed by atoms with van der Waals surface area (Å²) >= 11 is 0. The Bertz CT molecular complexity index is 540. The Labute approximate surface area is 138 Å². The van der Waals surface area contributed by atoms with Gasteiger partial charge in [0, 0.05) is 25.2 Å². The van der Waals surface area contributed by atoms with E-state index in [2.05, 4.69) is 5.32 Å². The molecule has 23 heavy (non-hydrogen) atoms. The second-order valence-corrected chi connectivity index (χ2v) is 6.62. The third-order valence-corrected chi connectivity index (χ3v) is 4.10. The van der Waals surface area contributed by atoms with Crippen LogP contribution >= 0.6 is 0 Å². The van der Waals surface area contributed by atoms with Crippen molar-refractivity contribution in [3.63, 3.8) is 0 Å². The number of carbonyl (C=O) groups excluding carboxylic acids is 2. The minimum atomic E-state index is -0.458. The van der Waals surface area contributed by atoms with E-state index in [0.29, 0.717) is 25.3 Å². The van der Waals surface area contributed by atoms with Crippen molar-refractivity contribution in [1.82, 2.24) is 5.32 Å². The molecule has 3 N–H and O–H groups in total. The molecule has 0 saturated carbocycles. The Morgan fingerprint density at radius 2 is 1.96 bits per heavy atom. The molecule has 0 radical (unpaired) electrons. The second-order valence-electron chi connectivity index (χ2n) is 6.62. The standard InChI is InChI=1S/C18H27N3O2/c1-13(2)11-16(19)18(23)20-12-14-6-8-15(9-7-14)21-10-4-3-5-17(21)22/h6-9,13,16H,3-5,10-12,19H2,1-2H3,(H,20,23)/t16-/m0/s1. The SMILES string of the molecule is CC(C)C[C@H](N)C(=O)NCc1ccc(N2CCCCC2=O)cc1. The van der Waals surface area contributed by atoms with Gasteiger partial charge in [0.2, 0.25) is 11.8 Å². The maximum Gasteiger partial charge on any atom is 0.237 e. The highest BCUT2D eigenvalue weighted by Crippen LogP contribution is 2.21. The summed E-state index contributed by atoms with van der Waals surface area (Å²) in [5.74, 6) is 0.475. The second kappa shape index (κ2) is 8.11. The van der Waals surface area contributed by atoms with E-state index >= 15 is 0 Å². The fourth-order valence-corrected chi connectivity index (χ4v) is 2.81. The molecule has 5 heteroatoms. The average molecular weight is 317 g/mol. The van der Waals surface area contributed by atoms with E-state index in [9.17, 15) is 9.59 Å². The van der Waals surface area contributed by atoms with Gasteiger partial charge in [0.15, 0.2) is 0 Å². The highest BCUT2D eigenvalue weighted by Gasteiger charge is 2.19. The minimum absolute atomic E-state index is 0.117. The third kappa shape index (κ3) is 5.06. The number of benzene rings is 1. The van der Waals surface area contributed by atoms with Crippen LogP contribution in [0, 0.1) is 5.92 Å². The van der Waals surface area contributed by atoms with Crippen LogP contribution in [-0.2, 0) is 16.1 Å². The predicted octanol–water partition coefficient (Wildman–Crippen LogP) is 2.19. The molecule has 1 fully saturated rings. The topological polar surface area (TPSA) is 75.4 Å². The normalized spacial score (nSPS) is 16.5. The fourth-order valence-electron chi connectivity index (χ4n) is 2.81. The number of nitrogens with one attached hydrogen (secondary N) is 1. The van der Waals surface area contributed by atoms with E-state index in [1.54, 1.807) is 0 Å². The van der Waals surface area contributed by atoms with Crippen molar-refractivity contribution in [2.45, 2.75) is 52.1 Å². The zero-order valence-electron chi connectivity index (χ0n) is 14.0. The number of piperidine rings is 1. The van der Waals surface area contributed by atoms with Crippen LogP contribution in [0.1, 0.15) is 45.1 Å². The molecule has 1 saturated heterocycles. The predicted molar refractivity (Wildman–Crippen MR) is 91.9 cm³/mol. The van der Waals surface area contributed by atoms with Crippen LogP contribution in [0.3, 0.4) is 0 Å². The number of hydrogen-bond acceptors (Lipinski definition) is 3. The Morgan fingerprint density at radius 1 is 1.26 bits per heavy atom. The molecule has 1 aliphatic heterocycles. The van der Waals surface area contributed by atoms with Crippen LogP contribution in [0.15, 0.2) is 24.3 Å². The fraction of sp³-hybridized carbons (Fsp3) is 0.556. The number of nitrogens with two attached hydrogens (primary N) is 1. The van der Waals surface area contributed by atoms with Gasteiger partial charge in [0.1, 0.15) is 0 Å². The third-order valence-electron chi connectivity index (χ3n) is 4.10. The van der Waals surface area contributed by atoms with Gasteiger partial charge in [-0.25, -0.2) is 0 Å². The van der Waals surface area contributed by atoms with Crippen molar-refractivity contribution < 1.29 is 9.59 Å². The van der Waals surface area contributed by atoms with E-state index in [-0.39, 0.29) is 11.8 Å². The molecule has 0 bridgehead atoms. The zero-order valence-corrected chi connectivity index (χ0v) is 14.0. The van der Waals surface area contributed by atoms with Gasteiger partial charge in [-0.05, 0) is 42.9 Å². The number of nitrogens with zero attached hydrogens (tertiary/aromatic N) is 1. The van der Waals surface area contributed by atoms with E-state index < -0.39 is 6.04 Å². The number of amides is 2. The molecule has 2 amide bonds. The molecule has 1 aromatic carbocycles. The van der Waals surface area contributed by atoms with Gasteiger partial charge in [-0.1, -0.05) is 26.0 Å². The molecule has 5 nitrogen and oxygen atoms in total. The summed E-state index contributed by atoms with van der Waals surface area (Å²) in [6.45, 7) is 5.35. The Morgan fingerprint density at radius 3 is 2.57 bits per heavy atom. The molecule has 0 aromatic heterocycles. The van der Waals surface area contributed by atoms with Crippen molar-refractivity contribution in [3.8, 4) is 0 Å². The molecule has 0 spiro atoms. The smallest absolute Gasteiger partial charge is 0.237 e. The van der Waals surface area contributed by atoms with E-state index in [1.807, 2.05) is 43.0 Å². The minimum Gasteiger partial charge on any atom is -0.351 e. The molecular formula is C18H27N3O2. The monoisotopic (exact) mass is 317 g/mol. The van der Waals surface area contributed by atoms with Crippen LogP contribution in [0.25, 0.3) is 0 Å². The highest BCUT2D eigenvalue weighted by molar-refractivity contribution is 5.93. The molecule has 1 atom stereocenters. The lowest BCUT2D eigenvalue weighted by Crippen LogP contribution is -2.41. The first-order chi connectivity index (χ1) is 11.0. The molecule has 0 aliphatic carbocycles. The van der Waals surface area contributed by atoms with E-state index in [1.165, 1.54) is 0 Å². The van der Waals surface area contributed by atoms with Crippen molar-refractivity contribution in [2.24, 2.45) is 11.7 Å². The molecule has 1 aliphatic rings. The van der Waals surface area contributed by atoms with Crippen LogP contribution < -0.4 is 16.0 Å². The summed E-state index contributed by atoms with van der Waals surface area (Å²) in [6.07, 6.45) is 3.35. The van der Waals surface area contributed by atoms with Gasteiger partial charge < -0.3 is 16.0 Å². The molecule has 2 rings (SSSR count).